The van der Waals surface area contributed by atoms with Gasteiger partial charge in [-0.1, -0.05) is 127 Å². The maximum Gasteiger partial charge on any atom is 0.329 e. The zero-order valence-electron chi connectivity index (χ0n) is 34.7. The molecule has 2 fully saturated rings. The molecule has 63 heavy (non-hydrogen) atoms. The van der Waals surface area contributed by atoms with Crippen molar-refractivity contribution in [3.8, 4) is 17.6 Å². The van der Waals surface area contributed by atoms with Crippen LogP contribution in [0.1, 0.15) is 90.2 Å². The summed E-state index contributed by atoms with van der Waals surface area (Å²) in [7, 11) is 0. The molecule has 9 rings (SSSR count). The lowest BCUT2D eigenvalue weighted by molar-refractivity contribution is -0.179. The Bertz CT molecular complexity index is 2640. The monoisotopic (exact) mass is 841 g/mol. The maximum atomic E-state index is 16.2. The average molecular weight is 842 g/mol. The van der Waals surface area contributed by atoms with Gasteiger partial charge in [-0.2, -0.15) is 0 Å². The summed E-state index contributed by atoms with van der Waals surface area (Å²) in [6.45, 7) is 1.38. The van der Waals surface area contributed by atoms with Gasteiger partial charge in [0.15, 0.2) is 0 Å². The van der Waals surface area contributed by atoms with E-state index in [4.69, 9.17) is 9.47 Å². The van der Waals surface area contributed by atoms with Crippen LogP contribution in [-0.2, 0) is 24.5 Å². The number of rotatable bonds is 9. The Hall–Kier alpha value is -7.00. The number of nitrogens with one attached hydrogen (secondary N) is 1. The first-order valence-electron chi connectivity index (χ1n) is 21.4. The molecule has 0 bridgehead atoms. The minimum atomic E-state index is -2.16. The molecule has 2 saturated heterocycles. The Balaban J connectivity index is 1.33. The molecule has 318 valence electrons. The van der Waals surface area contributed by atoms with Crippen LogP contribution in [0.25, 0.3) is 0 Å². The van der Waals surface area contributed by atoms with E-state index in [1.807, 2.05) is 95.9 Å². The molecule has 3 heterocycles. The second kappa shape index (κ2) is 17.4. The summed E-state index contributed by atoms with van der Waals surface area (Å²) in [5.74, 6) is 2.00. The van der Waals surface area contributed by atoms with Crippen molar-refractivity contribution in [1.29, 1.82) is 0 Å². The fourth-order valence-electron chi connectivity index (χ4n) is 10.1. The van der Waals surface area contributed by atoms with Crippen molar-refractivity contribution in [1.82, 2.24) is 10.2 Å². The first-order valence-corrected chi connectivity index (χ1v) is 21.4. The number of hydrogen-bond acceptors (Lipinski definition) is 8. The maximum absolute atomic E-state index is 16.2. The highest BCUT2D eigenvalue weighted by atomic mass is 16.6. The first-order chi connectivity index (χ1) is 30.7. The summed E-state index contributed by atoms with van der Waals surface area (Å²) in [5, 5.41) is 24.7. The van der Waals surface area contributed by atoms with Crippen LogP contribution in [-0.4, -0.2) is 58.2 Å². The van der Waals surface area contributed by atoms with Crippen LogP contribution in [0.2, 0.25) is 0 Å². The topological polar surface area (TPSA) is 146 Å². The lowest BCUT2D eigenvalue weighted by atomic mass is 9.65. The number of esters is 1. The third-order valence-electron chi connectivity index (χ3n) is 12.8. The number of imide groups is 1. The number of allylic oxidation sites excluding steroid dienone is 2. The fraction of sp³-hybridized carbons (Fsp3) is 0.269. The van der Waals surface area contributed by atoms with Gasteiger partial charge in [0.1, 0.15) is 35.8 Å². The quantitative estimate of drug-likeness (QED) is 0.0990. The van der Waals surface area contributed by atoms with Crippen molar-refractivity contribution >= 4 is 29.6 Å². The van der Waals surface area contributed by atoms with Crippen LogP contribution in [0, 0.1) is 17.8 Å². The second-order valence-electron chi connectivity index (χ2n) is 16.4. The molecule has 11 nitrogen and oxygen atoms in total. The molecule has 0 unspecified atom stereocenters. The van der Waals surface area contributed by atoms with Gasteiger partial charge in [0.05, 0.1) is 30.4 Å². The molecular formula is C52H47N3O8. The van der Waals surface area contributed by atoms with E-state index in [-0.39, 0.29) is 30.2 Å². The van der Waals surface area contributed by atoms with Gasteiger partial charge in [-0.15, -0.1) is 0 Å². The van der Waals surface area contributed by atoms with Crippen molar-refractivity contribution < 1.29 is 38.9 Å². The molecule has 3 N–H and O–H groups in total. The van der Waals surface area contributed by atoms with Crippen molar-refractivity contribution in [3.63, 3.8) is 0 Å². The van der Waals surface area contributed by atoms with Crippen LogP contribution in [0.4, 0.5) is 10.5 Å². The van der Waals surface area contributed by atoms with Gasteiger partial charge in [-0.3, -0.25) is 19.3 Å². The Morgan fingerprint density at radius 3 is 2.22 bits per heavy atom. The van der Waals surface area contributed by atoms with Gasteiger partial charge in [-0.25, -0.2) is 9.69 Å². The average Bonchev–Trinajstić information content (AvgIpc) is 3.77. The van der Waals surface area contributed by atoms with E-state index in [9.17, 15) is 24.6 Å². The molecule has 3 amide bonds. The minimum absolute atomic E-state index is 0.106. The summed E-state index contributed by atoms with van der Waals surface area (Å²) in [6.07, 6.45) is 5.06. The number of carbonyl (C=O) groups excluding carboxylic acids is 3. The molecule has 0 radical (unpaired) electrons. The van der Waals surface area contributed by atoms with E-state index in [0.717, 1.165) is 41.7 Å². The number of carboxylic acid groups (broad SMARTS) is 1. The van der Waals surface area contributed by atoms with Crippen molar-refractivity contribution in [2.75, 3.05) is 18.1 Å². The number of aliphatic carboxylic acids is 1. The van der Waals surface area contributed by atoms with Crippen LogP contribution in [0.15, 0.2) is 145 Å². The lowest BCUT2D eigenvalue weighted by Crippen LogP contribution is -2.54. The van der Waals surface area contributed by atoms with Crippen molar-refractivity contribution in [2.24, 2.45) is 5.92 Å². The predicted molar refractivity (Wildman–Crippen MR) is 235 cm³/mol. The third kappa shape index (κ3) is 7.25. The van der Waals surface area contributed by atoms with Crippen LogP contribution in [0.5, 0.6) is 5.75 Å². The number of aliphatic hydroxyl groups is 1. The number of carbonyl (C=O) groups is 4. The number of para-hydroxylation sites is 1. The predicted octanol–water partition coefficient (Wildman–Crippen LogP) is 8.13. The molecule has 11 heteroatoms. The number of aliphatic hydroxyl groups excluding tert-OH is 1. The largest absolute Gasteiger partial charge is 0.491 e. The normalized spacial score (nSPS) is 24.3. The Labute approximate surface area is 366 Å². The van der Waals surface area contributed by atoms with Crippen molar-refractivity contribution in [2.45, 2.75) is 68.3 Å². The Morgan fingerprint density at radius 2 is 1.54 bits per heavy atom. The number of hydrogen-bond donors (Lipinski definition) is 3. The lowest BCUT2D eigenvalue weighted by Gasteiger charge is -2.46. The zero-order chi connectivity index (χ0) is 43.7. The van der Waals surface area contributed by atoms with Gasteiger partial charge >= 0.3 is 18.0 Å². The van der Waals surface area contributed by atoms with Gasteiger partial charge < -0.3 is 25.0 Å². The number of fused-ring (bicyclic) bond motifs is 3. The van der Waals surface area contributed by atoms with E-state index >= 15 is 4.79 Å². The highest BCUT2D eigenvalue weighted by Gasteiger charge is 2.76. The molecule has 0 aromatic heterocycles. The van der Waals surface area contributed by atoms with Gasteiger partial charge in [0.2, 0.25) is 5.91 Å². The number of carboxylic acids is 1. The number of urea groups is 1. The van der Waals surface area contributed by atoms with E-state index in [1.54, 1.807) is 49.4 Å². The van der Waals surface area contributed by atoms with E-state index in [1.165, 1.54) is 0 Å². The molecule has 5 aromatic carbocycles. The molecule has 4 aliphatic rings. The molecular weight excluding hydrogens is 795 g/mol. The minimum Gasteiger partial charge on any atom is -0.491 e. The smallest absolute Gasteiger partial charge is 0.329 e. The number of nitrogens with zero attached hydrogens (tertiary/aromatic N) is 2. The number of benzene rings is 5. The highest BCUT2D eigenvalue weighted by molar-refractivity contribution is 6.24. The number of cyclic esters (lactones) is 1. The van der Waals surface area contributed by atoms with E-state index < -0.39 is 65.5 Å². The summed E-state index contributed by atoms with van der Waals surface area (Å²) < 4.78 is 12.6. The summed E-state index contributed by atoms with van der Waals surface area (Å²) in [5.41, 5.74) is 2.33. The number of morpholine rings is 1. The van der Waals surface area contributed by atoms with Gasteiger partial charge in [0.25, 0.3) is 0 Å². The SMILES string of the molecule is C[C@@H](NC(=O)N1C(=O)[C@@]2(c3cc(C#CC4=CCCCC4)ccc31)[C@H](c1ccccc1OCCO)N1[C@H](c3ccccc3)[C@H](c3ccccc3)OC(=O)[C@H]1[C@@H]2C(=O)O)c1ccccc1. The Morgan fingerprint density at radius 1 is 0.857 bits per heavy atom. The van der Waals surface area contributed by atoms with Gasteiger partial charge in [-0.05, 0) is 84.7 Å². The molecule has 0 saturated carbocycles. The number of amides is 3. The van der Waals surface area contributed by atoms with Crippen molar-refractivity contribution in [3.05, 3.63) is 178 Å². The molecule has 5 aromatic rings. The summed E-state index contributed by atoms with van der Waals surface area (Å²) in [6, 6.07) is 35.1. The first kappa shape index (κ1) is 41.4. The molecule has 1 spiro atoms. The van der Waals surface area contributed by atoms with Gasteiger partial charge in [0, 0.05) is 11.1 Å². The van der Waals surface area contributed by atoms with E-state index in [2.05, 4.69) is 23.2 Å². The summed E-state index contributed by atoms with van der Waals surface area (Å²) >= 11 is 0. The standard InChI is InChI=1S/C52H47N3O8/c1-33(36-18-8-3-9-19-36)53-51(61)54-41-29-28-35(27-26-34-16-6-2-7-17-34)32-40(41)52(50(54)60)43(48(57)58)45-49(59)63-46(38-22-12-5-13-23-38)44(37-20-10-4-11-21-37)55(45)47(52)39-24-14-15-25-42(39)62-31-30-56/h3-5,8-16,18-25,28-29,32-33,43-47,56H,2,6-7,17,30-31H2,1H3,(H,53,61)(H,57,58)/t33-,43-,44-,45-,46+,47+,52-/m1/s1. The third-order valence-corrected chi connectivity index (χ3v) is 12.8. The second-order valence-corrected chi connectivity index (χ2v) is 16.4. The number of ether oxygens (including phenoxy) is 2. The van der Waals surface area contributed by atoms with E-state index in [0.29, 0.717) is 22.3 Å². The molecule has 1 aliphatic carbocycles. The molecule has 7 atom stereocenters. The van der Waals surface area contributed by atoms with Crippen LogP contribution < -0.4 is 15.0 Å². The zero-order valence-corrected chi connectivity index (χ0v) is 34.7. The number of anilines is 1. The molecule has 3 aliphatic heterocycles. The fourth-order valence-corrected chi connectivity index (χ4v) is 10.1. The van der Waals surface area contributed by atoms with Crippen LogP contribution >= 0.6 is 0 Å². The highest BCUT2D eigenvalue weighted by Crippen LogP contribution is 2.66. The Kier molecular flexibility index (Phi) is 11.4. The summed E-state index contributed by atoms with van der Waals surface area (Å²) in [4.78, 5) is 63.3. The van der Waals surface area contributed by atoms with Crippen LogP contribution in [0.3, 0.4) is 0 Å².